The summed E-state index contributed by atoms with van der Waals surface area (Å²) in [7, 11) is 0. The molecule has 6 unspecified atom stereocenters. The van der Waals surface area contributed by atoms with E-state index in [2.05, 4.69) is 0 Å². The van der Waals surface area contributed by atoms with Gasteiger partial charge in [0.25, 0.3) is 0 Å². The summed E-state index contributed by atoms with van der Waals surface area (Å²) in [5.74, 6) is 0.960. The van der Waals surface area contributed by atoms with Crippen molar-refractivity contribution >= 4 is 11.8 Å². The van der Waals surface area contributed by atoms with Crippen molar-refractivity contribution in [1.82, 2.24) is 0 Å². The van der Waals surface area contributed by atoms with Crippen molar-refractivity contribution in [1.29, 1.82) is 0 Å². The Kier molecular flexibility index (Phi) is 6.37. The molecule has 0 saturated carbocycles. The molecule has 0 radical (unpaired) electrons. The van der Waals surface area contributed by atoms with Gasteiger partial charge in [-0.2, -0.15) is 11.8 Å². The van der Waals surface area contributed by atoms with Gasteiger partial charge in [-0.1, -0.05) is 13.8 Å². The first-order valence-electron chi connectivity index (χ1n) is 6.34. The molecule has 18 heavy (non-hydrogen) atoms. The minimum Gasteiger partial charge on any atom is -0.388 e. The summed E-state index contributed by atoms with van der Waals surface area (Å²) in [6.45, 7) is 3.88. The molecule has 0 aromatic rings. The van der Waals surface area contributed by atoms with E-state index < -0.39 is 30.5 Å². The Morgan fingerprint density at radius 2 is 1.78 bits per heavy atom. The quantitative estimate of drug-likeness (QED) is 0.545. The molecule has 5 nitrogen and oxygen atoms in total. The van der Waals surface area contributed by atoms with Crippen LogP contribution in [0.1, 0.15) is 20.3 Å². The molecule has 1 aliphatic heterocycles. The first kappa shape index (κ1) is 16.2. The predicted octanol–water partition coefficient (Wildman–Crippen LogP) is -0.427. The van der Waals surface area contributed by atoms with Crippen LogP contribution in [-0.4, -0.2) is 63.9 Å². The van der Waals surface area contributed by atoms with Gasteiger partial charge in [-0.3, -0.25) is 0 Å². The lowest BCUT2D eigenvalue weighted by Crippen LogP contribution is -2.63. The van der Waals surface area contributed by atoms with Gasteiger partial charge in [0.1, 0.15) is 24.4 Å². The monoisotopic (exact) mass is 279 g/mol. The normalized spacial score (nSPS) is 39.0. The van der Waals surface area contributed by atoms with Crippen LogP contribution in [0, 0.1) is 5.92 Å². The molecule has 0 spiro atoms. The number of aliphatic hydroxyl groups is 3. The second kappa shape index (κ2) is 7.07. The van der Waals surface area contributed by atoms with Crippen LogP contribution in [0.3, 0.4) is 0 Å². The Bertz CT molecular complexity index is 254. The van der Waals surface area contributed by atoms with E-state index in [1.165, 1.54) is 0 Å². The standard InChI is InChI=1S/C12H25NO4S/c1-6(2)8(13)12-11(16)10(15)9(14)7(17-12)4-5-18-3/h6-12,14-16H,4-5,13H2,1-3H3. The zero-order valence-corrected chi connectivity index (χ0v) is 12.0. The van der Waals surface area contributed by atoms with E-state index in [9.17, 15) is 15.3 Å². The third kappa shape index (κ3) is 3.59. The van der Waals surface area contributed by atoms with E-state index in [0.717, 1.165) is 5.75 Å². The Hall–Kier alpha value is 0.150. The van der Waals surface area contributed by atoms with Crippen molar-refractivity contribution in [3.8, 4) is 0 Å². The second-order valence-electron chi connectivity index (χ2n) is 5.21. The van der Waals surface area contributed by atoms with Crippen molar-refractivity contribution in [3.05, 3.63) is 0 Å². The van der Waals surface area contributed by atoms with E-state index in [-0.39, 0.29) is 12.0 Å². The fraction of sp³-hybridized carbons (Fsp3) is 1.00. The molecule has 1 aliphatic rings. The number of ether oxygens (including phenoxy) is 1. The second-order valence-corrected chi connectivity index (χ2v) is 6.20. The number of rotatable bonds is 5. The topological polar surface area (TPSA) is 95.9 Å². The maximum absolute atomic E-state index is 9.95. The highest BCUT2D eigenvalue weighted by Crippen LogP contribution is 2.27. The van der Waals surface area contributed by atoms with Crippen molar-refractivity contribution < 1.29 is 20.1 Å². The molecule has 0 aromatic carbocycles. The molecule has 1 heterocycles. The SMILES string of the molecule is CSCCC1OC(C(N)C(C)C)C(O)C(O)C1O. The Labute approximate surface area is 113 Å². The van der Waals surface area contributed by atoms with E-state index in [1.807, 2.05) is 20.1 Å². The third-order valence-corrected chi connectivity index (χ3v) is 4.15. The van der Waals surface area contributed by atoms with E-state index >= 15 is 0 Å². The molecule has 108 valence electrons. The van der Waals surface area contributed by atoms with Gasteiger partial charge in [-0.15, -0.1) is 0 Å². The van der Waals surface area contributed by atoms with Gasteiger partial charge in [0.05, 0.1) is 6.10 Å². The van der Waals surface area contributed by atoms with Crippen LogP contribution < -0.4 is 5.73 Å². The van der Waals surface area contributed by atoms with Crippen LogP contribution in [0.15, 0.2) is 0 Å². The van der Waals surface area contributed by atoms with Gasteiger partial charge >= 0.3 is 0 Å². The highest BCUT2D eigenvalue weighted by atomic mass is 32.2. The summed E-state index contributed by atoms with van der Waals surface area (Å²) in [6.07, 6.45) is -1.88. The lowest BCUT2D eigenvalue weighted by Gasteiger charge is -2.43. The molecular formula is C12H25NO4S. The molecule has 0 bridgehead atoms. The average Bonchev–Trinajstić information content (AvgIpc) is 2.34. The van der Waals surface area contributed by atoms with Crippen LogP contribution in [0.5, 0.6) is 0 Å². The van der Waals surface area contributed by atoms with Crippen LogP contribution in [0.25, 0.3) is 0 Å². The molecule has 1 saturated heterocycles. The average molecular weight is 279 g/mol. The molecule has 0 aromatic heterocycles. The van der Waals surface area contributed by atoms with Crippen molar-refractivity contribution in [2.75, 3.05) is 12.0 Å². The van der Waals surface area contributed by atoms with Crippen molar-refractivity contribution in [2.45, 2.75) is 56.8 Å². The largest absolute Gasteiger partial charge is 0.388 e. The minimum atomic E-state index is -1.19. The molecule has 6 heteroatoms. The maximum Gasteiger partial charge on any atom is 0.111 e. The number of hydrogen-bond acceptors (Lipinski definition) is 6. The summed E-state index contributed by atoms with van der Waals surface area (Å²) < 4.78 is 5.71. The minimum absolute atomic E-state index is 0.133. The van der Waals surface area contributed by atoms with Crippen molar-refractivity contribution in [2.24, 2.45) is 11.7 Å². The number of nitrogens with two attached hydrogens (primary N) is 1. The van der Waals surface area contributed by atoms with Gasteiger partial charge in [-0.05, 0) is 24.3 Å². The highest BCUT2D eigenvalue weighted by molar-refractivity contribution is 7.98. The smallest absolute Gasteiger partial charge is 0.111 e. The summed E-state index contributed by atoms with van der Waals surface area (Å²) in [4.78, 5) is 0. The molecule has 6 atom stereocenters. The molecule has 1 fully saturated rings. The number of hydrogen-bond donors (Lipinski definition) is 4. The third-order valence-electron chi connectivity index (χ3n) is 3.50. The summed E-state index contributed by atoms with van der Waals surface area (Å²) in [6, 6.07) is -0.362. The van der Waals surface area contributed by atoms with Crippen molar-refractivity contribution in [3.63, 3.8) is 0 Å². The Balaban J connectivity index is 2.73. The summed E-state index contributed by atoms with van der Waals surface area (Å²) in [5, 5.41) is 29.7. The van der Waals surface area contributed by atoms with Crippen LogP contribution in [-0.2, 0) is 4.74 Å². The van der Waals surface area contributed by atoms with E-state index in [1.54, 1.807) is 11.8 Å². The van der Waals surface area contributed by atoms with Gasteiger partial charge in [0.2, 0.25) is 0 Å². The summed E-state index contributed by atoms with van der Waals surface area (Å²) in [5.41, 5.74) is 6.00. The van der Waals surface area contributed by atoms with Gasteiger partial charge in [-0.25, -0.2) is 0 Å². The van der Waals surface area contributed by atoms with Gasteiger partial charge < -0.3 is 25.8 Å². The Morgan fingerprint density at radius 3 is 2.28 bits per heavy atom. The van der Waals surface area contributed by atoms with Gasteiger partial charge in [0.15, 0.2) is 0 Å². The summed E-state index contributed by atoms with van der Waals surface area (Å²) >= 11 is 1.65. The molecule has 0 amide bonds. The first-order chi connectivity index (χ1) is 8.40. The zero-order chi connectivity index (χ0) is 13.9. The Morgan fingerprint density at radius 1 is 1.17 bits per heavy atom. The van der Waals surface area contributed by atoms with E-state index in [4.69, 9.17) is 10.5 Å². The lowest BCUT2D eigenvalue weighted by molar-refractivity contribution is -0.228. The highest BCUT2D eigenvalue weighted by Gasteiger charge is 2.45. The number of thioether (sulfide) groups is 1. The first-order valence-corrected chi connectivity index (χ1v) is 7.73. The van der Waals surface area contributed by atoms with Crippen LogP contribution >= 0.6 is 11.8 Å². The molecule has 0 aliphatic carbocycles. The maximum atomic E-state index is 9.95. The fourth-order valence-corrected chi connectivity index (χ4v) is 2.62. The zero-order valence-electron chi connectivity index (χ0n) is 11.2. The van der Waals surface area contributed by atoms with Crippen LogP contribution in [0.2, 0.25) is 0 Å². The molecule has 5 N–H and O–H groups in total. The molecule has 1 rings (SSSR count). The fourth-order valence-electron chi connectivity index (χ4n) is 2.15. The van der Waals surface area contributed by atoms with Gasteiger partial charge in [0, 0.05) is 6.04 Å². The molecular weight excluding hydrogens is 254 g/mol. The predicted molar refractivity (Wildman–Crippen MR) is 72.5 cm³/mol. The van der Waals surface area contributed by atoms with E-state index in [0.29, 0.717) is 6.42 Å². The number of aliphatic hydroxyl groups excluding tert-OH is 3. The van der Waals surface area contributed by atoms with Crippen LogP contribution in [0.4, 0.5) is 0 Å². The lowest BCUT2D eigenvalue weighted by atomic mass is 9.87.